The molecule has 7 nitrogen and oxygen atoms in total. The average Bonchev–Trinajstić information content (AvgIpc) is 2.77. The lowest BCUT2D eigenvalue weighted by atomic mass is 10.1. The number of anilines is 2. The lowest BCUT2D eigenvalue weighted by Gasteiger charge is -2.15. The van der Waals surface area contributed by atoms with Gasteiger partial charge in [-0.05, 0) is 74.4 Å². The molecule has 0 aromatic heterocycles. The molecule has 0 bridgehead atoms. The van der Waals surface area contributed by atoms with Crippen molar-refractivity contribution in [1.82, 2.24) is 0 Å². The highest BCUT2D eigenvalue weighted by atomic mass is 32.2. The molecule has 2 N–H and O–H groups in total. The molecule has 0 saturated heterocycles. The molecule has 1 atom stereocenters. The maximum Gasteiger partial charge on any atom is 0.265 e. The van der Waals surface area contributed by atoms with Crippen molar-refractivity contribution in [2.24, 2.45) is 0 Å². The topological polar surface area (TPSA) is 108 Å². The molecule has 164 valence electrons. The van der Waals surface area contributed by atoms with E-state index in [2.05, 4.69) is 10.0 Å². The van der Waals surface area contributed by atoms with E-state index in [9.17, 15) is 13.2 Å². The first-order chi connectivity index (χ1) is 15.2. The van der Waals surface area contributed by atoms with Crippen molar-refractivity contribution in [2.75, 3.05) is 10.0 Å². The van der Waals surface area contributed by atoms with Gasteiger partial charge in [-0.1, -0.05) is 24.3 Å². The van der Waals surface area contributed by atoms with Gasteiger partial charge in [0, 0.05) is 5.69 Å². The summed E-state index contributed by atoms with van der Waals surface area (Å²) in [5.74, 6) is 0.00217. The normalized spacial score (nSPS) is 11.8. The summed E-state index contributed by atoms with van der Waals surface area (Å²) >= 11 is 0. The molecule has 0 fully saturated rings. The molecular formula is C24H23N3O4S. The van der Waals surface area contributed by atoms with Gasteiger partial charge in [0.05, 0.1) is 22.2 Å². The van der Waals surface area contributed by atoms with Crippen LogP contribution in [-0.2, 0) is 14.8 Å². The Balaban J connectivity index is 1.67. The van der Waals surface area contributed by atoms with Crippen molar-refractivity contribution in [3.8, 4) is 11.8 Å². The molecule has 0 spiro atoms. The van der Waals surface area contributed by atoms with Gasteiger partial charge in [-0.2, -0.15) is 5.26 Å². The molecule has 3 aromatic rings. The van der Waals surface area contributed by atoms with E-state index in [4.69, 9.17) is 10.00 Å². The Morgan fingerprint density at radius 3 is 2.25 bits per heavy atom. The van der Waals surface area contributed by atoms with E-state index in [0.717, 1.165) is 11.1 Å². The van der Waals surface area contributed by atoms with Crippen molar-refractivity contribution in [3.05, 3.63) is 83.4 Å². The van der Waals surface area contributed by atoms with Gasteiger partial charge >= 0.3 is 0 Å². The highest BCUT2D eigenvalue weighted by molar-refractivity contribution is 7.92. The van der Waals surface area contributed by atoms with E-state index in [-0.39, 0.29) is 4.90 Å². The predicted molar refractivity (Wildman–Crippen MR) is 123 cm³/mol. The summed E-state index contributed by atoms with van der Waals surface area (Å²) in [4.78, 5) is 12.5. The zero-order valence-corrected chi connectivity index (χ0v) is 18.7. The standard InChI is InChI=1S/C24H23N3O4S/c1-16-6-4-7-17(2)23(16)27-32(29,30)22-12-10-20(11-13-22)26-24(28)18(3)31-21-9-5-8-19(14-21)15-25/h4-14,18,27H,1-3H3,(H,26,28). The van der Waals surface area contributed by atoms with E-state index in [1.165, 1.54) is 24.3 Å². The summed E-state index contributed by atoms with van der Waals surface area (Å²) in [6.07, 6.45) is -0.821. The maximum absolute atomic E-state index is 12.8. The number of nitriles is 1. The lowest BCUT2D eigenvalue weighted by molar-refractivity contribution is -0.122. The van der Waals surface area contributed by atoms with E-state index in [1.54, 1.807) is 31.2 Å². The Kier molecular flexibility index (Phi) is 6.81. The number of rotatable bonds is 7. The highest BCUT2D eigenvalue weighted by Crippen LogP contribution is 2.24. The smallest absolute Gasteiger partial charge is 0.265 e. The van der Waals surface area contributed by atoms with Crippen LogP contribution >= 0.6 is 0 Å². The molecule has 0 heterocycles. The van der Waals surface area contributed by atoms with Crippen LogP contribution in [0.3, 0.4) is 0 Å². The molecule has 8 heteroatoms. The Bertz CT molecular complexity index is 1260. The predicted octanol–water partition coefficient (Wildman–Crippen LogP) is 4.38. The molecule has 0 aliphatic heterocycles. The fourth-order valence-electron chi connectivity index (χ4n) is 3.03. The molecule has 32 heavy (non-hydrogen) atoms. The number of nitrogens with one attached hydrogen (secondary N) is 2. The van der Waals surface area contributed by atoms with Crippen LogP contribution in [0, 0.1) is 25.2 Å². The maximum atomic E-state index is 12.8. The summed E-state index contributed by atoms with van der Waals surface area (Å²) in [7, 11) is -3.78. The Labute approximate surface area is 187 Å². The first-order valence-electron chi connectivity index (χ1n) is 9.86. The van der Waals surface area contributed by atoms with Gasteiger partial charge in [-0.25, -0.2) is 8.42 Å². The highest BCUT2D eigenvalue weighted by Gasteiger charge is 2.18. The van der Waals surface area contributed by atoms with Crippen LogP contribution in [0.4, 0.5) is 11.4 Å². The molecular weight excluding hydrogens is 426 g/mol. The van der Waals surface area contributed by atoms with Crippen LogP contribution in [0.15, 0.2) is 71.6 Å². The minimum absolute atomic E-state index is 0.0794. The summed E-state index contributed by atoms with van der Waals surface area (Å²) in [6.45, 7) is 5.26. The molecule has 0 saturated carbocycles. The van der Waals surface area contributed by atoms with Crippen molar-refractivity contribution in [1.29, 1.82) is 5.26 Å². The van der Waals surface area contributed by atoms with E-state index < -0.39 is 22.0 Å². The SMILES string of the molecule is Cc1cccc(C)c1NS(=O)(=O)c1ccc(NC(=O)C(C)Oc2cccc(C#N)c2)cc1. The summed E-state index contributed by atoms with van der Waals surface area (Å²) in [5, 5.41) is 11.7. The first kappa shape index (κ1) is 22.8. The number of amides is 1. The Hall–Kier alpha value is -3.83. The molecule has 1 amide bonds. The van der Waals surface area contributed by atoms with Gasteiger partial charge in [0.2, 0.25) is 0 Å². The molecule has 0 radical (unpaired) electrons. The molecule has 0 aliphatic rings. The summed E-state index contributed by atoms with van der Waals surface area (Å²) in [5.41, 5.74) is 3.07. The van der Waals surface area contributed by atoms with E-state index in [0.29, 0.717) is 22.7 Å². The summed E-state index contributed by atoms with van der Waals surface area (Å²) in [6, 6.07) is 19.9. The Morgan fingerprint density at radius 1 is 1.00 bits per heavy atom. The second kappa shape index (κ2) is 9.54. The number of carbonyl (C=O) groups excluding carboxylic acids is 1. The first-order valence-corrected chi connectivity index (χ1v) is 11.3. The van der Waals surface area contributed by atoms with Crippen molar-refractivity contribution in [3.63, 3.8) is 0 Å². The number of nitrogens with zero attached hydrogens (tertiary/aromatic N) is 1. The molecule has 0 aliphatic carbocycles. The third-order valence-corrected chi connectivity index (χ3v) is 6.16. The third kappa shape index (κ3) is 5.45. The summed E-state index contributed by atoms with van der Waals surface area (Å²) < 4.78 is 33.7. The van der Waals surface area contributed by atoms with Gasteiger partial charge < -0.3 is 10.1 Å². The second-order valence-electron chi connectivity index (χ2n) is 7.29. The number of carbonyl (C=O) groups is 1. The monoisotopic (exact) mass is 449 g/mol. The zero-order valence-electron chi connectivity index (χ0n) is 17.9. The van der Waals surface area contributed by atoms with Crippen LogP contribution in [0.5, 0.6) is 5.75 Å². The number of aryl methyl sites for hydroxylation is 2. The molecule has 1 unspecified atom stereocenters. The van der Waals surface area contributed by atoms with E-state index in [1.807, 2.05) is 38.1 Å². The average molecular weight is 450 g/mol. The lowest BCUT2D eigenvalue weighted by Crippen LogP contribution is -2.30. The largest absolute Gasteiger partial charge is 0.481 e. The fourth-order valence-corrected chi connectivity index (χ4v) is 4.23. The van der Waals surface area contributed by atoms with Crippen LogP contribution in [0.1, 0.15) is 23.6 Å². The number of para-hydroxylation sites is 1. The quantitative estimate of drug-likeness (QED) is 0.556. The molecule has 3 rings (SSSR count). The number of hydrogen-bond donors (Lipinski definition) is 2. The van der Waals surface area contributed by atoms with Crippen LogP contribution in [0.25, 0.3) is 0 Å². The van der Waals surface area contributed by atoms with Gasteiger partial charge in [-0.15, -0.1) is 0 Å². The Morgan fingerprint density at radius 2 is 1.62 bits per heavy atom. The van der Waals surface area contributed by atoms with Crippen LogP contribution in [-0.4, -0.2) is 20.4 Å². The number of sulfonamides is 1. The number of hydrogen-bond acceptors (Lipinski definition) is 5. The zero-order chi connectivity index (χ0) is 23.3. The number of ether oxygens (including phenoxy) is 1. The van der Waals surface area contributed by atoms with Crippen molar-refractivity contribution in [2.45, 2.75) is 31.8 Å². The van der Waals surface area contributed by atoms with Crippen LogP contribution < -0.4 is 14.8 Å². The van der Waals surface area contributed by atoms with Crippen molar-refractivity contribution >= 4 is 27.3 Å². The third-order valence-electron chi connectivity index (χ3n) is 4.79. The van der Waals surface area contributed by atoms with Crippen molar-refractivity contribution < 1.29 is 17.9 Å². The fraction of sp³-hybridized carbons (Fsp3) is 0.167. The van der Waals surface area contributed by atoms with Crippen LogP contribution in [0.2, 0.25) is 0 Å². The van der Waals surface area contributed by atoms with Gasteiger partial charge in [-0.3, -0.25) is 9.52 Å². The second-order valence-corrected chi connectivity index (χ2v) is 8.97. The minimum atomic E-state index is -3.78. The molecule has 3 aromatic carbocycles. The van der Waals surface area contributed by atoms with E-state index >= 15 is 0 Å². The van der Waals surface area contributed by atoms with Gasteiger partial charge in [0.1, 0.15) is 5.75 Å². The number of benzene rings is 3. The van der Waals surface area contributed by atoms with Gasteiger partial charge in [0.15, 0.2) is 6.10 Å². The van der Waals surface area contributed by atoms with Gasteiger partial charge in [0.25, 0.3) is 15.9 Å². The minimum Gasteiger partial charge on any atom is -0.481 e.